The molecule has 0 bridgehead atoms. The molecule has 0 radical (unpaired) electrons. The Kier molecular flexibility index (Phi) is 5.44. The van der Waals surface area contributed by atoms with Gasteiger partial charge in [-0.1, -0.05) is 24.3 Å². The van der Waals surface area contributed by atoms with E-state index in [1.807, 2.05) is 49.3 Å². The van der Waals surface area contributed by atoms with Crippen LogP contribution < -0.4 is 4.74 Å². The van der Waals surface area contributed by atoms with E-state index in [1.165, 1.54) is 0 Å². The van der Waals surface area contributed by atoms with E-state index in [4.69, 9.17) is 4.74 Å². The van der Waals surface area contributed by atoms with Crippen LogP contribution in [0.5, 0.6) is 17.2 Å². The molecule has 2 aromatic carbocycles. The van der Waals surface area contributed by atoms with E-state index in [-0.39, 0.29) is 11.5 Å². The highest BCUT2D eigenvalue weighted by Crippen LogP contribution is 2.23. The smallest absolute Gasteiger partial charge is 0.123 e. The minimum absolute atomic E-state index is 0.174. The maximum atomic E-state index is 9.78. The van der Waals surface area contributed by atoms with Crippen LogP contribution >= 0.6 is 0 Å². The van der Waals surface area contributed by atoms with Gasteiger partial charge in [-0.25, -0.2) is 0 Å². The first-order valence-corrected chi connectivity index (χ1v) is 7.11. The average molecular weight is 299 g/mol. The lowest BCUT2D eigenvalue weighted by Crippen LogP contribution is -2.19. The third-order valence-electron chi connectivity index (χ3n) is 3.08. The standard InChI is InChI=1S/C18H21NO3/c1-19(2)9-10-22-18-12-15(11-17(21)13-18)4-3-14-5-7-16(20)8-6-14/h3-8,11-13,20-21H,9-10H2,1-2H3/b4-3+. The molecule has 0 spiro atoms. The Morgan fingerprint density at radius 2 is 1.59 bits per heavy atom. The Balaban J connectivity index is 2.07. The third kappa shape index (κ3) is 5.14. The van der Waals surface area contributed by atoms with E-state index in [0.717, 1.165) is 17.7 Å². The summed E-state index contributed by atoms with van der Waals surface area (Å²) in [6.07, 6.45) is 3.81. The molecule has 0 aliphatic heterocycles. The van der Waals surface area contributed by atoms with Crippen LogP contribution in [0.25, 0.3) is 12.2 Å². The molecule has 116 valence electrons. The Bertz CT molecular complexity index is 633. The first-order valence-electron chi connectivity index (χ1n) is 7.11. The van der Waals surface area contributed by atoms with Gasteiger partial charge in [0.1, 0.15) is 23.9 Å². The number of phenols is 2. The van der Waals surface area contributed by atoms with Gasteiger partial charge in [0.25, 0.3) is 0 Å². The fourth-order valence-electron chi connectivity index (χ4n) is 1.91. The summed E-state index contributed by atoms with van der Waals surface area (Å²) in [5.41, 5.74) is 1.82. The van der Waals surface area contributed by atoms with E-state index in [2.05, 4.69) is 0 Å². The Morgan fingerprint density at radius 3 is 2.27 bits per heavy atom. The monoisotopic (exact) mass is 299 g/mol. The van der Waals surface area contributed by atoms with Gasteiger partial charge in [-0.05, 0) is 49.5 Å². The van der Waals surface area contributed by atoms with Crippen molar-refractivity contribution in [3.8, 4) is 17.2 Å². The number of aromatic hydroxyl groups is 2. The molecule has 0 saturated heterocycles. The van der Waals surface area contributed by atoms with Crippen molar-refractivity contribution in [2.75, 3.05) is 27.2 Å². The lowest BCUT2D eigenvalue weighted by atomic mass is 10.1. The summed E-state index contributed by atoms with van der Waals surface area (Å²) >= 11 is 0. The van der Waals surface area contributed by atoms with Crippen molar-refractivity contribution in [1.82, 2.24) is 4.90 Å². The first kappa shape index (κ1) is 15.9. The molecule has 2 aromatic rings. The number of ether oxygens (including phenoxy) is 1. The number of nitrogens with zero attached hydrogens (tertiary/aromatic N) is 1. The largest absolute Gasteiger partial charge is 0.508 e. The van der Waals surface area contributed by atoms with Gasteiger partial charge in [0.2, 0.25) is 0 Å². The normalized spacial score (nSPS) is 11.2. The number of hydrogen-bond donors (Lipinski definition) is 2. The molecule has 4 nitrogen and oxygen atoms in total. The number of phenolic OH excluding ortho intramolecular Hbond substituents is 2. The number of rotatable bonds is 6. The number of hydrogen-bond acceptors (Lipinski definition) is 4. The molecule has 2 N–H and O–H groups in total. The maximum Gasteiger partial charge on any atom is 0.123 e. The molecular formula is C18H21NO3. The van der Waals surface area contributed by atoms with E-state index < -0.39 is 0 Å². The van der Waals surface area contributed by atoms with Gasteiger partial charge in [0, 0.05) is 12.6 Å². The van der Waals surface area contributed by atoms with Gasteiger partial charge in [-0.3, -0.25) is 0 Å². The highest BCUT2D eigenvalue weighted by Gasteiger charge is 2.00. The molecule has 0 aromatic heterocycles. The summed E-state index contributed by atoms with van der Waals surface area (Å²) in [6, 6.07) is 12.1. The molecule has 0 atom stereocenters. The zero-order valence-corrected chi connectivity index (χ0v) is 12.9. The van der Waals surface area contributed by atoms with Crippen molar-refractivity contribution in [3.05, 3.63) is 53.6 Å². The zero-order valence-electron chi connectivity index (χ0n) is 12.9. The van der Waals surface area contributed by atoms with Crippen molar-refractivity contribution in [2.24, 2.45) is 0 Å². The minimum Gasteiger partial charge on any atom is -0.508 e. The Labute approximate surface area is 130 Å². The first-order chi connectivity index (χ1) is 10.5. The highest BCUT2D eigenvalue weighted by molar-refractivity contribution is 5.71. The Morgan fingerprint density at radius 1 is 0.909 bits per heavy atom. The zero-order chi connectivity index (χ0) is 15.9. The number of likely N-dealkylation sites (N-methyl/N-ethyl adjacent to an activating group) is 1. The third-order valence-corrected chi connectivity index (χ3v) is 3.08. The minimum atomic E-state index is 0.174. The van der Waals surface area contributed by atoms with Crippen molar-refractivity contribution < 1.29 is 14.9 Å². The van der Waals surface area contributed by atoms with E-state index in [1.54, 1.807) is 24.3 Å². The van der Waals surface area contributed by atoms with Gasteiger partial charge >= 0.3 is 0 Å². The lowest BCUT2D eigenvalue weighted by molar-refractivity contribution is 0.260. The molecule has 4 heteroatoms. The van der Waals surface area contributed by atoms with Crippen LogP contribution in [0.4, 0.5) is 0 Å². The summed E-state index contributed by atoms with van der Waals surface area (Å²) in [4.78, 5) is 2.04. The molecule has 0 unspecified atom stereocenters. The fourth-order valence-corrected chi connectivity index (χ4v) is 1.91. The van der Waals surface area contributed by atoms with Crippen LogP contribution in [0.2, 0.25) is 0 Å². The molecule has 22 heavy (non-hydrogen) atoms. The fraction of sp³-hybridized carbons (Fsp3) is 0.222. The predicted molar refractivity (Wildman–Crippen MR) is 89.2 cm³/mol. The Hall–Kier alpha value is -2.46. The van der Waals surface area contributed by atoms with E-state index in [9.17, 15) is 10.2 Å². The van der Waals surface area contributed by atoms with Crippen LogP contribution in [0.3, 0.4) is 0 Å². The van der Waals surface area contributed by atoms with Crippen molar-refractivity contribution in [1.29, 1.82) is 0 Å². The molecule has 2 rings (SSSR count). The average Bonchev–Trinajstić information content (AvgIpc) is 2.46. The van der Waals surface area contributed by atoms with Crippen LogP contribution in [0, 0.1) is 0 Å². The van der Waals surface area contributed by atoms with Crippen molar-refractivity contribution in [3.63, 3.8) is 0 Å². The topological polar surface area (TPSA) is 52.9 Å². The molecule has 0 amide bonds. The second-order valence-electron chi connectivity index (χ2n) is 5.34. The summed E-state index contributed by atoms with van der Waals surface area (Å²) in [5, 5.41) is 19.0. The predicted octanol–water partition coefficient (Wildman–Crippen LogP) is 3.21. The van der Waals surface area contributed by atoms with Crippen LogP contribution in [-0.2, 0) is 0 Å². The quantitative estimate of drug-likeness (QED) is 0.804. The molecule has 0 fully saturated rings. The SMILES string of the molecule is CN(C)CCOc1cc(O)cc(/C=C/c2ccc(O)cc2)c1. The van der Waals surface area contributed by atoms with E-state index in [0.29, 0.717) is 12.4 Å². The molecule has 0 aliphatic rings. The second kappa shape index (κ2) is 7.52. The van der Waals surface area contributed by atoms with Crippen LogP contribution in [-0.4, -0.2) is 42.4 Å². The van der Waals surface area contributed by atoms with Gasteiger partial charge in [-0.2, -0.15) is 0 Å². The summed E-state index contributed by atoms with van der Waals surface area (Å²) in [6.45, 7) is 1.38. The van der Waals surface area contributed by atoms with E-state index >= 15 is 0 Å². The van der Waals surface area contributed by atoms with Crippen molar-refractivity contribution in [2.45, 2.75) is 0 Å². The van der Waals surface area contributed by atoms with Gasteiger partial charge in [0.15, 0.2) is 0 Å². The van der Waals surface area contributed by atoms with Gasteiger partial charge in [-0.15, -0.1) is 0 Å². The summed E-state index contributed by atoms with van der Waals surface area (Å²) in [7, 11) is 3.97. The van der Waals surface area contributed by atoms with Crippen LogP contribution in [0.15, 0.2) is 42.5 Å². The van der Waals surface area contributed by atoms with Crippen LogP contribution in [0.1, 0.15) is 11.1 Å². The molecular weight excluding hydrogens is 278 g/mol. The number of benzene rings is 2. The summed E-state index contributed by atoms with van der Waals surface area (Å²) < 4.78 is 5.64. The van der Waals surface area contributed by atoms with Gasteiger partial charge < -0.3 is 19.8 Å². The molecule has 0 aliphatic carbocycles. The second-order valence-corrected chi connectivity index (χ2v) is 5.34. The summed E-state index contributed by atoms with van der Waals surface area (Å²) in [5.74, 6) is 1.06. The van der Waals surface area contributed by atoms with Gasteiger partial charge in [0.05, 0.1) is 0 Å². The lowest BCUT2D eigenvalue weighted by Gasteiger charge is -2.11. The molecule has 0 saturated carbocycles. The maximum absolute atomic E-state index is 9.78. The van der Waals surface area contributed by atoms with Crippen molar-refractivity contribution >= 4 is 12.2 Å². The highest BCUT2D eigenvalue weighted by atomic mass is 16.5. The molecule has 0 heterocycles.